The predicted octanol–water partition coefficient (Wildman–Crippen LogP) is 2.58. The second-order valence-corrected chi connectivity index (χ2v) is 5.68. The van der Waals surface area contributed by atoms with Crippen molar-refractivity contribution in [2.75, 3.05) is 5.32 Å². The van der Waals surface area contributed by atoms with E-state index in [1.165, 1.54) is 0 Å². The number of hydrogen-bond donors (Lipinski definition) is 5. The Bertz CT molecular complexity index is 738. The number of thiocarbonyl (C=S) groups is 2. The summed E-state index contributed by atoms with van der Waals surface area (Å²) < 4.78 is 0. The number of benzene rings is 1. The van der Waals surface area contributed by atoms with Crippen molar-refractivity contribution >= 4 is 57.6 Å². The Labute approximate surface area is 155 Å². The normalized spacial score (nSPS) is 9.54. The van der Waals surface area contributed by atoms with Gasteiger partial charge in [-0.05, 0) is 48.7 Å². The van der Waals surface area contributed by atoms with Gasteiger partial charge >= 0.3 is 0 Å². The van der Waals surface area contributed by atoms with Crippen molar-refractivity contribution in [3.8, 4) is 0 Å². The molecule has 24 heavy (non-hydrogen) atoms. The average molecular weight is 379 g/mol. The lowest BCUT2D eigenvalue weighted by molar-refractivity contribution is 0.770. The van der Waals surface area contributed by atoms with Crippen molar-refractivity contribution in [3.63, 3.8) is 0 Å². The van der Waals surface area contributed by atoms with Gasteiger partial charge in [-0.1, -0.05) is 36.4 Å². The number of pyridine rings is 1. The maximum absolute atomic E-state index is 6.04. The Balaban J connectivity index is 1.72. The van der Waals surface area contributed by atoms with Gasteiger partial charge in [-0.25, -0.2) is 0 Å². The summed E-state index contributed by atoms with van der Waals surface area (Å²) in [6, 6.07) is 12.8. The zero-order chi connectivity index (χ0) is 17.4. The van der Waals surface area contributed by atoms with Crippen LogP contribution in [0.1, 0.15) is 5.69 Å². The first-order valence-corrected chi connectivity index (χ1v) is 7.99. The van der Waals surface area contributed by atoms with Gasteiger partial charge in [0.1, 0.15) is 0 Å². The molecular formula is C15H15ClN6S2. The maximum Gasteiger partial charge on any atom is 0.204 e. The molecule has 0 unspecified atom stereocenters. The lowest BCUT2D eigenvalue weighted by atomic mass is 10.3. The zero-order valence-corrected chi connectivity index (χ0v) is 14.9. The minimum Gasteiger partial charge on any atom is -0.330 e. The molecule has 0 bridgehead atoms. The third-order valence-corrected chi connectivity index (χ3v) is 3.45. The molecule has 1 aromatic carbocycles. The second-order valence-electron chi connectivity index (χ2n) is 4.46. The summed E-state index contributed by atoms with van der Waals surface area (Å²) in [6.45, 7) is 3.86. The fourth-order valence-corrected chi connectivity index (χ4v) is 2.04. The molecule has 2 rings (SSSR count). The molecule has 0 aliphatic carbocycles. The number of para-hydroxylation sites is 1. The number of anilines is 1. The van der Waals surface area contributed by atoms with E-state index in [2.05, 4.69) is 38.6 Å². The van der Waals surface area contributed by atoms with E-state index in [1.54, 1.807) is 12.3 Å². The van der Waals surface area contributed by atoms with Crippen molar-refractivity contribution in [3.05, 3.63) is 66.0 Å². The van der Waals surface area contributed by atoms with Gasteiger partial charge in [0.05, 0.1) is 22.1 Å². The first-order valence-electron chi connectivity index (χ1n) is 6.80. The number of rotatable bonds is 4. The molecule has 6 nitrogen and oxygen atoms in total. The van der Waals surface area contributed by atoms with E-state index >= 15 is 0 Å². The van der Waals surface area contributed by atoms with E-state index in [-0.39, 0.29) is 5.11 Å². The molecule has 0 amide bonds. The van der Waals surface area contributed by atoms with Crippen LogP contribution in [0.4, 0.5) is 5.69 Å². The zero-order valence-electron chi connectivity index (χ0n) is 12.5. The van der Waals surface area contributed by atoms with Gasteiger partial charge in [0, 0.05) is 6.20 Å². The molecule has 0 radical (unpaired) electrons. The largest absolute Gasteiger partial charge is 0.330 e. The Morgan fingerprint density at radius 3 is 2.29 bits per heavy atom. The molecule has 0 aliphatic heterocycles. The number of nitrogens with zero attached hydrogens (tertiary/aromatic N) is 1. The third-order valence-electron chi connectivity index (χ3n) is 2.71. The summed E-state index contributed by atoms with van der Waals surface area (Å²) in [5.41, 5.74) is 13.1. The molecule has 0 saturated carbocycles. The number of nitrogens with one attached hydrogen (secondary N) is 5. The third kappa shape index (κ3) is 5.65. The average Bonchev–Trinajstić information content (AvgIpc) is 2.60. The lowest BCUT2D eigenvalue weighted by Gasteiger charge is -2.16. The van der Waals surface area contributed by atoms with Crippen molar-refractivity contribution in [1.29, 1.82) is 0 Å². The first kappa shape index (κ1) is 17.9. The Morgan fingerprint density at radius 2 is 1.58 bits per heavy atom. The number of hydrogen-bond acceptors (Lipinski definition) is 4. The molecule has 1 heterocycles. The van der Waals surface area contributed by atoms with Crippen molar-refractivity contribution in [1.82, 2.24) is 26.7 Å². The molecule has 0 atom stereocenters. The summed E-state index contributed by atoms with van der Waals surface area (Å²) in [6.07, 6.45) is 1.68. The topological polar surface area (TPSA) is 73.0 Å². The highest BCUT2D eigenvalue weighted by molar-refractivity contribution is 7.80. The monoisotopic (exact) mass is 378 g/mol. The van der Waals surface area contributed by atoms with Crippen LogP contribution in [0.2, 0.25) is 5.02 Å². The van der Waals surface area contributed by atoms with Gasteiger partial charge in [-0.2, -0.15) is 0 Å². The van der Waals surface area contributed by atoms with E-state index in [0.29, 0.717) is 27.2 Å². The van der Waals surface area contributed by atoms with Crippen molar-refractivity contribution in [2.45, 2.75) is 0 Å². The number of halogens is 1. The van der Waals surface area contributed by atoms with E-state index in [4.69, 9.17) is 36.0 Å². The quantitative estimate of drug-likeness (QED) is 0.411. The van der Waals surface area contributed by atoms with E-state index in [0.717, 1.165) is 0 Å². The molecule has 5 N–H and O–H groups in total. The first-order chi connectivity index (χ1) is 11.6. The Hall–Kier alpha value is -2.42. The minimum absolute atomic E-state index is 0.274. The van der Waals surface area contributed by atoms with Crippen LogP contribution in [0.25, 0.3) is 5.70 Å². The fraction of sp³-hybridized carbons (Fsp3) is 0. The molecule has 0 spiro atoms. The second kappa shape index (κ2) is 9.02. The Morgan fingerprint density at radius 1 is 0.917 bits per heavy atom. The smallest absolute Gasteiger partial charge is 0.204 e. The molecule has 9 heteroatoms. The number of aromatic nitrogens is 1. The van der Waals surface area contributed by atoms with Crippen LogP contribution in [-0.4, -0.2) is 15.2 Å². The highest BCUT2D eigenvalue weighted by atomic mass is 35.5. The van der Waals surface area contributed by atoms with Crippen LogP contribution in [0.15, 0.2) is 55.2 Å². The van der Waals surface area contributed by atoms with Crippen LogP contribution in [-0.2, 0) is 0 Å². The van der Waals surface area contributed by atoms with E-state index < -0.39 is 0 Å². The van der Waals surface area contributed by atoms with Gasteiger partial charge < -0.3 is 5.32 Å². The summed E-state index contributed by atoms with van der Waals surface area (Å²) in [4.78, 5) is 4.16. The SMILES string of the molecule is C=C(NNC(=S)NNC(=S)Nc1ccccc1Cl)c1ccccn1. The van der Waals surface area contributed by atoms with Gasteiger partial charge in [0.15, 0.2) is 5.11 Å². The summed E-state index contributed by atoms with van der Waals surface area (Å²) in [7, 11) is 0. The van der Waals surface area contributed by atoms with Crippen LogP contribution >= 0.6 is 36.0 Å². The van der Waals surface area contributed by atoms with Gasteiger partial charge in [0.25, 0.3) is 0 Å². The summed E-state index contributed by atoms with van der Waals surface area (Å²) >= 11 is 16.3. The Kier molecular flexibility index (Phi) is 6.74. The van der Waals surface area contributed by atoms with Gasteiger partial charge in [-0.3, -0.25) is 26.7 Å². The minimum atomic E-state index is 0.274. The van der Waals surface area contributed by atoms with Crippen molar-refractivity contribution in [2.24, 2.45) is 0 Å². The summed E-state index contributed by atoms with van der Waals surface area (Å²) in [5, 5.41) is 4.10. The molecule has 0 aliphatic rings. The lowest BCUT2D eigenvalue weighted by Crippen LogP contribution is -2.51. The highest BCUT2D eigenvalue weighted by Crippen LogP contribution is 2.19. The predicted molar refractivity (Wildman–Crippen MR) is 106 cm³/mol. The summed E-state index contributed by atoms with van der Waals surface area (Å²) in [5.74, 6) is 0. The van der Waals surface area contributed by atoms with Crippen molar-refractivity contribution < 1.29 is 0 Å². The molecule has 2 aromatic rings. The van der Waals surface area contributed by atoms with Gasteiger partial charge in [0.2, 0.25) is 5.11 Å². The van der Waals surface area contributed by atoms with Gasteiger partial charge in [-0.15, -0.1) is 0 Å². The molecule has 0 fully saturated rings. The van der Waals surface area contributed by atoms with Crippen LogP contribution < -0.4 is 27.0 Å². The fourth-order valence-electron chi connectivity index (χ4n) is 1.60. The molecular weight excluding hydrogens is 364 g/mol. The number of hydrazine groups is 2. The standard InChI is InChI=1S/C15H15ClN6S2/c1-10(12-7-4-5-9-17-12)19-21-15(24)22-20-14(23)18-13-8-3-2-6-11(13)16/h2-9,19H,1H2,(H2,18,20,23)(H2,21,22,24). The molecule has 124 valence electrons. The highest BCUT2D eigenvalue weighted by Gasteiger charge is 2.03. The van der Waals surface area contributed by atoms with Crippen LogP contribution in [0, 0.1) is 0 Å². The van der Waals surface area contributed by atoms with E-state index in [1.807, 2.05) is 36.4 Å². The van der Waals surface area contributed by atoms with E-state index in [9.17, 15) is 0 Å². The maximum atomic E-state index is 6.04. The van der Waals surface area contributed by atoms with Crippen LogP contribution in [0.3, 0.4) is 0 Å². The molecule has 0 saturated heterocycles. The molecule has 1 aromatic heterocycles. The van der Waals surface area contributed by atoms with Crippen LogP contribution in [0.5, 0.6) is 0 Å².